The Bertz CT molecular complexity index is 1140. The lowest BCUT2D eigenvalue weighted by atomic mass is 10.2. The molecule has 0 aliphatic carbocycles. The average molecular weight is 513 g/mol. The maximum atomic E-state index is 12.1. The summed E-state index contributed by atoms with van der Waals surface area (Å²) in [4.78, 5) is 35.5. The number of aryl methyl sites for hydroxylation is 1. The fourth-order valence-electron chi connectivity index (χ4n) is 2.60. The molecule has 0 saturated heterocycles. The number of furan rings is 1. The van der Waals surface area contributed by atoms with E-state index in [1.807, 2.05) is 19.1 Å². The van der Waals surface area contributed by atoms with Crippen molar-refractivity contribution in [2.24, 2.45) is 5.10 Å². The van der Waals surface area contributed by atoms with Crippen LogP contribution in [-0.4, -0.2) is 30.5 Å². The third-order valence-corrected chi connectivity index (χ3v) is 5.17. The minimum atomic E-state index is -0.898. The number of rotatable bonds is 8. The highest BCUT2D eigenvalue weighted by Crippen LogP contribution is 2.20. The molecule has 0 spiro atoms. The number of hydrogen-bond acceptors (Lipinski definition) is 6. The van der Waals surface area contributed by atoms with Crippen molar-refractivity contribution in [2.45, 2.75) is 13.5 Å². The Hall–Kier alpha value is -3.92. The minimum absolute atomic E-state index is 0.102. The highest BCUT2D eigenvalue weighted by atomic mass is 79.9. The van der Waals surface area contributed by atoms with Crippen molar-refractivity contribution in [2.75, 3.05) is 11.9 Å². The van der Waals surface area contributed by atoms with Crippen molar-refractivity contribution >= 4 is 45.6 Å². The maximum absolute atomic E-state index is 12.1. The molecule has 3 rings (SSSR count). The Balaban J connectivity index is 1.40. The summed E-state index contributed by atoms with van der Waals surface area (Å²) in [6, 6.07) is 15.6. The van der Waals surface area contributed by atoms with E-state index in [0.717, 1.165) is 10.0 Å². The number of ether oxygens (including phenoxy) is 1. The molecule has 1 heterocycles. The molecule has 3 aromatic rings. The molecule has 33 heavy (non-hydrogen) atoms. The zero-order valence-corrected chi connectivity index (χ0v) is 19.2. The Morgan fingerprint density at radius 3 is 2.58 bits per heavy atom. The molecule has 0 atom stereocenters. The highest BCUT2D eigenvalue weighted by molar-refractivity contribution is 9.10. The van der Waals surface area contributed by atoms with E-state index in [2.05, 4.69) is 37.1 Å². The number of halogens is 1. The molecular formula is C23H21BrN4O5. The summed E-state index contributed by atoms with van der Waals surface area (Å²) < 4.78 is 11.5. The van der Waals surface area contributed by atoms with E-state index in [9.17, 15) is 14.4 Å². The van der Waals surface area contributed by atoms with Gasteiger partial charge in [-0.3, -0.25) is 14.4 Å². The third kappa shape index (κ3) is 7.62. The summed E-state index contributed by atoms with van der Waals surface area (Å²) in [5, 5.41) is 8.94. The monoisotopic (exact) mass is 512 g/mol. The van der Waals surface area contributed by atoms with Gasteiger partial charge in [-0.15, -0.1) is 0 Å². The maximum Gasteiger partial charge on any atom is 0.329 e. The topological polar surface area (TPSA) is 122 Å². The van der Waals surface area contributed by atoms with Crippen LogP contribution >= 0.6 is 15.9 Å². The van der Waals surface area contributed by atoms with Crippen LogP contribution in [0.4, 0.5) is 5.69 Å². The Labute approximate surface area is 198 Å². The summed E-state index contributed by atoms with van der Waals surface area (Å²) in [6.45, 7) is 1.89. The molecular weight excluding hydrogens is 492 g/mol. The second kappa shape index (κ2) is 11.6. The molecule has 2 aromatic carbocycles. The van der Waals surface area contributed by atoms with Crippen molar-refractivity contribution in [1.29, 1.82) is 0 Å². The lowest BCUT2D eigenvalue weighted by Crippen LogP contribution is -2.37. The molecule has 3 N–H and O–H groups in total. The molecule has 3 amide bonds. The average Bonchev–Trinajstić information content (AvgIpc) is 3.33. The number of benzene rings is 2. The zero-order valence-electron chi connectivity index (χ0n) is 17.6. The van der Waals surface area contributed by atoms with Crippen LogP contribution in [0, 0.1) is 6.92 Å². The number of nitrogens with one attached hydrogen (secondary N) is 3. The van der Waals surface area contributed by atoms with Gasteiger partial charge in [-0.2, -0.15) is 5.10 Å². The van der Waals surface area contributed by atoms with E-state index in [1.165, 1.54) is 12.5 Å². The molecule has 0 aliphatic heterocycles. The molecule has 0 bridgehead atoms. The predicted octanol–water partition coefficient (Wildman–Crippen LogP) is 3.13. The summed E-state index contributed by atoms with van der Waals surface area (Å²) in [7, 11) is 0. The molecule has 0 unspecified atom stereocenters. The van der Waals surface area contributed by atoms with Gasteiger partial charge in [0.05, 0.1) is 19.0 Å². The van der Waals surface area contributed by atoms with Crippen LogP contribution in [0.5, 0.6) is 5.75 Å². The van der Waals surface area contributed by atoms with E-state index in [4.69, 9.17) is 9.15 Å². The Kier molecular flexibility index (Phi) is 8.36. The molecule has 0 saturated carbocycles. The second-order valence-electron chi connectivity index (χ2n) is 6.83. The van der Waals surface area contributed by atoms with Crippen LogP contribution in [0.15, 0.2) is 74.9 Å². The summed E-state index contributed by atoms with van der Waals surface area (Å²) in [6.07, 6.45) is 2.85. The number of amides is 3. The second-order valence-corrected chi connectivity index (χ2v) is 7.69. The fraction of sp³-hybridized carbons (Fsp3) is 0.130. The van der Waals surface area contributed by atoms with Crippen LogP contribution in [0.2, 0.25) is 0 Å². The number of carbonyl (C=O) groups is 3. The largest absolute Gasteiger partial charge is 0.484 e. The first-order chi connectivity index (χ1) is 15.9. The molecule has 170 valence electrons. The lowest BCUT2D eigenvalue weighted by Gasteiger charge is -2.09. The first-order valence-electron chi connectivity index (χ1n) is 9.83. The standard InChI is InChI=1S/C23H21BrN4O5/c1-15-11-17(6-9-20(15)24)27-21(29)14-33-18-7-4-16(5-8-18)12-26-28-23(31)22(30)25-13-19-3-2-10-32-19/h2-12H,13-14H2,1H3,(H,25,30)(H,27,29)(H,28,31)/b26-12-. The van der Waals surface area contributed by atoms with Crippen LogP contribution in [0.3, 0.4) is 0 Å². The van der Waals surface area contributed by atoms with E-state index in [0.29, 0.717) is 22.8 Å². The molecule has 0 radical (unpaired) electrons. The van der Waals surface area contributed by atoms with E-state index >= 15 is 0 Å². The fourth-order valence-corrected chi connectivity index (χ4v) is 2.84. The summed E-state index contributed by atoms with van der Waals surface area (Å²) in [5.41, 5.74) is 4.51. The van der Waals surface area contributed by atoms with Gasteiger partial charge in [0, 0.05) is 10.2 Å². The minimum Gasteiger partial charge on any atom is -0.484 e. The van der Waals surface area contributed by atoms with Crippen molar-refractivity contribution in [3.63, 3.8) is 0 Å². The summed E-state index contributed by atoms with van der Waals surface area (Å²) in [5.74, 6) is -0.984. The molecule has 1 aromatic heterocycles. The van der Waals surface area contributed by atoms with Crippen LogP contribution < -0.4 is 20.8 Å². The first kappa shape index (κ1) is 23.7. The molecule has 9 nitrogen and oxygen atoms in total. The first-order valence-corrected chi connectivity index (χ1v) is 10.6. The molecule has 10 heteroatoms. The normalized spacial score (nSPS) is 10.6. The van der Waals surface area contributed by atoms with Gasteiger partial charge in [0.15, 0.2) is 6.61 Å². The van der Waals surface area contributed by atoms with E-state index in [1.54, 1.807) is 42.5 Å². The predicted molar refractivity (Wildman–Crippen MR) is 126 cm³/mol. The van der Waals surface area contributed by atoms with Crippen molar-refractivity contribution in [1.82, 2.24) is 10.7 Å². The zero-order chi connectivity index (χ0) is 23.6. The van der Waals surface area contributed by atoms with Crippen LogP contribution in [0.1, 0.15) is 16.9 Å². The van der Waals surface area contributed by atoms with Gasteiger partial charge < -0.3 is 19.8 Å². The number of hydrogen-bond donors (Lipinski definition) is 3. The highest BCUT2D eigenvalue weighted by Gasteiger charge is 2.12. The third-order valence-electron chi connectivity index (χ3n) is 4.28. The van der Waals surface area contributed by atoms with Gasteiger partial charge in [0.1, 0.15) is 11.5 Å². The van der Waals surface area contributed by atoms with Gasteiger partial charge in [-0.1, -0.05) is 15.9 Å². The van der Waals surface area contributed by atoms with Crippen LogP contribution in [-0.2, 0) is 20.9 Å². The van der Waals surface area contributed by atoms with Gasteiger partial charge >= 0.3 is 11.8 Å². The molecule has 0 fully saturated rings. The number of hydrazone groups is 1. The number of anilines is 1. The van der Waals surface area contributed by atoms with Crippen molar-refractivity contribution < 1.29 is 23.5 Å². The summed E-state index contributed by atoms with van der Waals surface area (Å²) >= 11 is 3.42. The van der Waals surface area contributed by atoms with Gasteiger partial charge in [0.25, 0.3) is 5.91 Å². The smallest absolute Gasteiger partial charge is 0.329 e. The number of nitrogens with zero attached hydrogens (tertiary/aromatic N) is 1. The van der Waals surface area contributed by atoms with Gasteiger partial charge in [0.2, 0.25) is 0 Å². The van der Waals surface area contributed by atoms with Crippen molar-refractivity contribution in [3.05, 3.63) is 82.2 Å². The van der Waals surface area contributed by atoms with Gasteiger partial charge in [-0.05, 0) is 72.6 Å². The van der Waals surface area contributed by atoms with Crippen molar-refractivity contribution in [3.8, 4) is 5.75 Å². The van der Waals surface area contributed by atoms with Gasteiger partial charge in [-0.25, -0.2) is 5.43 Å². The lowest BCUT2D eigenvalue weighted by molar-refractivity contribution is -0.139. The number of carbonyl (C=O) groups excluding carboxylic acids is 3. The Morgan fingerprint density at radius 1 is 1.09 bits per heavy atom. The molecule has 0 aliphatic rings. The Morgan fingerprint density at radius 2 is 1.88 bits per heavy atom. The van der Waals surface area contributed by atoms with E-state index in [-0.39, 0.29) is 19.1 Å². The van der Waals surface area contributed by atoms with Crippen LogP contribution in [0.25, 0.3) is 0 Å². The van der Waals surface area contributed by atoms with E-state index < -0.39 is 11.8 Å². The SMILES string of the molecule is Cc1cc(NC(=O)COc2ccc(/C=N\NC(=O)C(=O)NCc3ccco3)cc2)ccc1Br. The quantitative estimate of drug-likeness (QED) is 0.243.